The zero-order valence-corrected chi connectivity index (χ0v) is 20.1. The number of carbonyl (C=O) groups excluding carboxylic acids is 1. The fourth-order valence-corrected chi connectivity index (χ4v) is 4.10. The number of nitrogens with one attached hydrogen (secondary N) is 1. The van der Waals surface area contributed by atoms with Gasteiger partial charge in [0.15, 0.2) is 0 Å². The maximum Gasteiger partial charge on any atom is 0.307 e. The SMILES string of the molecule is COc1ccc2nc3cc(Cl)ccc3c(NCCOC(=O)CCN(CCCl)CCCl)c2c1. The number of pyridine rings is 1. The number of esters is 1. The van der Waals surface area contributed by atoms with Crippen LogP contribution in [0.1, 0.15) is 6.42 Å². The molecule has 6 nitrogen and oxygen atoms in total. The molecule has 9 heteroatoms. The summed E-state index contributed by atoms with van der Waals surface area (Å²) in [4.78, 5) is 18.9. The van der Waals surface area contributed by atoms with Crippen LogP contribution >= 0.6 is 34.8 Å². The summed E-state index contributed by atoms with van der Waals surface area (Å²) in [5, 5.41) is 5.87. The van der Waals surface area contributed by atoms with Gasteiger partial charge in [-0.1, -0.05) is 11.6 Å². The fourth-order valence-electron chi connectivity index (χ4n) is 3.45. The van der Waals surface area contributed by atoms with Gasteiger partial charge in [-0.2, -0.15) is 0 Å². The van der Waals surface area contributed by atoms with Gasteiger partial charge in [0, 0.05) is 53.7 Å². The number of methoxy groups -OCH3 is 1. The summed E-state index contributed by atoms with van der Waals surface area (Å²) in [5.74, 6) is 1.48. The van der Waals surface area contributed by atoms with Gasteiger partial charge in [0.25, 0.3) is 0 Å². The number of hydrogen-bond donors (Lipinski definition) is 1. The van der Waals surface area contributed by atoms with Gasteiger partial charge >= 0.3 is 5.97 Å². The molecule has 0 bridgehead atoms. The molecule has 2 aromatic carbocycles. The van der Waals surface area contributed by atoms with E-state index < -0.39 is 0 Å². The van der Waals surface area contributed by atoms with E-state index in [-0.39, 0.29) is 12.6 Å². The molecule has 0 aliphatic heterocycles. The average Bonchev–Trinajstić information content (AvgIpc) is 2.79. The Morgan fingerprint density at radius 1 is 1.03 bits per heavy atom. The van der Waals surface area contributed by atoms with Crippen LogP contribution in [0.15, 0.2) is 36.4 Å². The molecule has 0 spiro atoms. The topological polar surface area (TPSA) is 63.7 Å². The van der Waals surface area contributed by atoms with Crippen LogP contribution in [0.25, 0.3) is 21.8 Å². The molecule has 0 saturated heterocycles. The van der Waals surface area contributed by atoms with Crippen LogP contribution in [0.3, 0.4) is 0 Å². The minimum atomic E-state index is -0.251. The van der Waals surface area contributed by atoms with Crippen molar-refractivity contribution < 1.29 is 14.3 Å². The van der Waals surface area contributed by atoms with E-state index in [9.17, 15) is 4.79 Å². The molecule has 1 N–H and O–H groups in total. The predicted octanol–water partition coefficient (Wildman–Crippen LogP) is 5.17. The monoisotopic (exact) mass is 497 g/mol. The number of carbonyl (C=O) groups is 1. The lowest BCUT2D eigenvalue weighted by molar-refractivity contribution is -0.143. The number of rotatable bonds is 12. The Balaban J connectivity index is 1.66. The molecular formula is C23H26Cl3N3O3. The van der Waals surface area contributed by atoms with Crippen LogP contribution < -0.4 is 10.1 Å². The van der Waals surface area contributed by atoms with E-state index in [1.54, 1.807) is 7.11 Å². The summed E-state index contributed by atoms with van der Waals surface area (Å²) in [6.07, 6.45) is 0.296. The first kappa shape index (κ1) is 24.6. The smallest absolute Gasteiger partial charge is 0.307 e. The van der Waals surface area contributed by atoms with Gasteiger partial charge in [-0.15, -0.1) is 23.2 Å². The summed E-state index contributed by atoms with van der Waals surface area (Å²) in [6, 6.07) is 11.3. The van der Waals surface area contributed by atoms with Crippen molar-refractivity contribution >= 4 is 68.3 Å². The van der Waals surface area contributed by atoms with Crippen LogP contribution in [0, 0.1) is 0 Å². The van der Waals surface area contributed by atoms with Crippen molar-refractivity contribution in [3.63, 3.8) is 0 Å². The number of anilines is 1. The van der Waals surface area contributed by atoms with Crippen molar-refractivity contribution in [2.24, 2.45) is 0 Å². The Kier molecular flexibility index (Phi) is 9.48. The summed E-state index contributed by atoms with van der Waals surface area (Å²) in [5.41, 5.74) is 2.50. The standard InChI is InChI=1S/C23H26Cl3N3O3/c1-31-17-3-5-20-19(15-17)23(18-4-2-16(26)14-21(18)28-20)27-9-13-32-22(30)6-10-29(11-7-24)12-8-25/h2-5,14-15H,6-13H2,1H3,(H,27,28). The Morgan fingerprint density at radius 2 is 1.81 bits per heavy atom. The van der Waals surface area contributed by atoms with Crippen LogP contribution in [0.5, 0.6) is 5.75 Å². The molecule has 0 saturated carbocycles. The van der Waals surface area contributed by atoms with Gasteiger partial charge in [-0.25, -0.2) is 4.98 Å². The number of aromatic nitrogens is 1. The van der Waals surface area contributed by atoms with Gasteiger partial charge in [-0.3, -0.25) is 4.79 Å². The van der Waals surface area contributed by atoms with Crippen molar-refractivity contribution in [3.8, 4) is 5.75 Å². The van der Waals surface area contributed by atoms with Crippen molar-refractivity contribution in [1.82, 2.24) is 9.88 Å². The number of hydrogen-bond acceptors (Lipinski definition) is 6. The molecule has 0 radical (unpaired) electrons. The van der Waals surface area contributed by atoms with E-state index in [0.717, 1.165) is 33.2 Å². The molecule has 1 heterocycles. The van der Waals surface area contributed by atoms with Crippen LogP contribution in [0.2, 0.25) is 5.02 Å². The maximum absolute atomic E-state index is 12.1. The van der Waals surface area contributed by atoms with Crippen molar-refractivity contribution in [2.45, 2.75) is 6.42 Å². The van der Waals surface area contributed by atoms with Crippen LogP contribution in [-0.4, -0.2) is 67.5 Å². The average molecular weight is 499 g/mol. The quantitative estimate of drug-likeness (QED) is 0.161. The van der Waals surface area contributed by atoms with E-state index in [1.807, 2.05) is 41.3 Å². The minimum absolute atomic E-state index is 0.243. The molecule has 0 atom stereocenters. The summed E-state index contributed by atoms with van der Waals surface area (Å²) >= 11 is 17.7. The van der Waals surface area contributed by atoms with E-state index in [0.29, 0.717) is 49.4 Å². The molecule has 0 unspecified atom stereocenters. The summed E-state index contributed by atoms with van der Waals surface area (Å²) in [6.45, 7) is 2.66. The fraction of sp³-hybridized carbons (Fsp3) is 0.391. The zero-order chi connectivity index (χ0) is 22.9. The first-order valence-electron chi connectivity index (χ1n) is 10.4. The molecule has 172 valence electrons. The highest BCUT2D eigenvalue weighted by atomic mass is 35.5. The predicted molar refractivity (Wildman–Crippen MR) is 133 cm³/mol. The lowest BCUT2D eigenvalue weighted by Crippen LogP contribution is -2.30. The second-order valence-electron chi connectivity index (χ2n) is 7.15. The highest BCUT2D eigenvalue weighted by Crippen LogP contribution is 2.34. The third kappa shape index (κ3) is 6.51. The first-order valence-corrected chi connectivity index (χ1v) is 11.8. The normalized spacial score (nSPS) is 11.3. The van der Waals surface area contributed by atoms with Crippen LogP contribution in [-0.2, 0) is 9.53 Å². The van der Waals surface area contributed by atoms with E-state index in [2.05, 4.69) is 5.32 Å². The van der Waals surface area contributed by atoms with Gasteiger partial charge in [0.05, 0.1) is 30.3 Å². The number of ether oxygens (including phenoxy) is 2. The lowest BCUT2D eigenvalue weighted by atomic mass is 10.1. The van der Waals surface area contributed by atoms with Gasteiger partial charge in [-0.05, 0) is 36.4 Å². The highest BCUT2D eigenvalue weighted by molar-refractivity contribution is 6.31. The Morgan fingerprint density at radius 3 is 2.53 bits per heavy atom. The maximum atomic E-state index is 12.1. The summed E-state index contributed by atoms with van der Waals surface area (Å²) in [7, 11) is 1.63. The molecule has 32 heavy (non-hydrogen) atoms. The minimum Gasteiger partial charge on any atom is -0.497 e. The molecule has 3 rings (SSSR count). The molecule has 1 aromatic heterocycles. The van der Waals surface area contributed by atoms with Crippen LogP contribution in [0.4, 0.5) is 5.69 Å². The Bertz CT molecular complexity index is 1060. The second-order valence-corrected chi connectivity index (χ2v) is 8.34. The number of nitrogens with zero attached hydrogens (tertiary/aromatic N) is 2. The second kappa shape index (κ2) is 12.3. The van der Waals surface area contributed by atoms with Crippen molar-refractivity contribution in [1.29, 1.82) is 0 Å². The van der Waals surface area contributed by atoms with E-state index in [1.165, 1.54) is 0 Å². The molecular weight excluding hydrogens is 473 g/mol. The first-order chi connectivity index (χ1) is 15.5. The number of fused-ring (bicyclic) bond motifs is 2. The Labute approximate surface area is 202 Å². The molecule has 0 aliphatic carbocycles. The molecule has 3 aromatic rings. The molecule has 0 aliphatic rings. The van der Waals surface area contributed by atoms with Crippen molar-refractivity contribution in [3.05, 3.63) is 41.4 Å². The number of benzene rings is 2. The van der Waals surface area contributed by atoms with E-state index >= 15 is 0 Å². The van der Waals surface area contributed by atoms with Gasteiger partial charge in [0.1, 0.15) is 12.4 Å². The third-order valence-corrected chi connectivity index (χ3v) is 5.62. The number of halogens is 3. The summed E-state index contributed by atoms with van der Waals surface area (Å²) < 4.78 is 10.8. The van der Waals surface area contributed by atoms with Gasteiger partial charge < -0.3 is 19.7 Å². The lowest BCUT2D eigenvalue weighted by Gasteiger charge is -2.19. The largest absolute Gasteiger partial charge is 0.497 e. The third-order valence-electron chi connectivity index (χ3n) is 5.04. The van der Waals surface area contributed by atoms with E-state index in [4.69, 9.17) is 49.3 Å². The highest BCUT2D eigenvalue weighted by Gasteiger charge is 2.12. The van der Waals surface area contributed by atoms with Crippen molar-refractivity contribution in [2.75, 3.05) is 57.0 Å². The zero-order valence-electron chi connectivity index (χ0n) is 17.9. The molecule has 0 amide bonds. The number of alkyl halides is 2. The Hall–Kier alpha value is -1.99. The molecule has 0 fully saturated rings. The van der Waals surface area contributed by atoms with Gasteiger partial charge in [0.2, 0.25) is 0 Å².